The Morgan fingerprint density at radius 3 is 2.37 bits per heavy atom. The molecule has 6 nitrogen and oxygen atoms in total. The van der Waals surface area contributed by atoms with Crippen molar-refractivity contribution >= 4 is 58.5 Å². The Bertz CT molecular complexity index is 1090. The van der Waals surface area contributed by atoms with E-state index in [9.17, 15) is 14.4 Å². The highest BCUT2D eigenvalue weighted by atomic mass is 35.5. The molecule has 8 heteroatoms. The van der Waals surface area contributed by atoms with Crippen molar-refractivity contribution < 1.29 is 23.9 Å². The highest BCUT2D eigenvalue weighted by Crippen LogP contribution is 2.40. The van der Waals surface area contributed by atoms with Gasteiger partial charge in [0.2, 0.25) is 0 Å². The second-order valence-corrected chi connectivity index (χ2v) is 8.48. The summed E-state index contributed by atoms with van der Waals surface area (Å²) in [5, 5.41) is 0.669. The lowest BCUT2D eigenvalue weighted by molar-refractivity contribution is -0.112. The molecule has 1 heterocycles. The zero-order valence-electron chi connectivity index (χ0n) is 16.8. The fraction of sp³-hybridized carbons (Fsp3) is 0.227. The fourth-order valence-corrected chi connectivity index (χ4v) is 3.40. The van der Waals surface area contributed by atoms with Gasteiger partial charge >= 0.3 is 12.1 Å². The van der Waals surface area contributed by atoms with E-state index in [1.54, 1.807) is 51.1 Å². The van der Waals surface area contributed by atoms with Crippen molar-refractivity contribution in [3.63, 3.8) is 0 Å². The number of imide groups is 1. The van der Waals surface area contributed by atoms with Crippen LogP contribution in [0.5, 0.6) is 0 Å². The van der Waals surface area contributed by atoms with Gasteiger partial charge in [0.25, 0.3) is 5.91 Å². The number of methoxy groups -OCH3 is 1. The molecule has 0 spiro atoms. The molecule has 0 unspecified atom stereocenters. The number of carbonyl (C=O) groups excluding carboxylic acids is 3. The summed E-state index contributed by atoms with van der Waals surface area (Å²) in [5.74, 6) is -1.13. The highest BCUT2D eigenvalue weighted by Gasteiger charge is 2.39. The van der Waals surface area contributed by atoms with Gasteiger partial charge in [-0.1, -0.05) is 29.3 Å². The summed E-state index contributed by atoms with van der Waals surface area (Å²) >= 11 is 12.2. The molecule has 2 aromatic rings. The van der Waals surface area contributed by atoms with Crippen molar-refractivity contribution in [3.05, 3.63) is 63.1 Å². The number of amides is 2. The van der Waals surface area contributed by atoms with Crippen LogP contribution in [-0.4, -0.2) is 30.7 Å². The predicted octanol–water partition coefficient (Wildman–Crippen LogP) is 5.60. The Hall–Kier alpha value is -2.83. The van der Waals surface area contributed by atoms with E-state index >= 15 is 0 Å². The lowest BCUT2D eigenvalue weighted by Crippen LogP contribution is -2.38. The number of ether oxygens (including phenoxy) is 2. The molecule has 0 atom stereocenters. The molecule has 0 saturated heterocycles. The molecule has 0 aliphatic carbocycles. The Balaban J connectivity index is 2.11. The molecule has 0 aromatic heterocycles. The third kappa shape index (κ3) is 4.50. The molecule has 2 aromatic carbocycles. The number of anilines is 1. The van der Waals surface area contributed by atoms with Crippen LogP contribution in [0.25, 0.3) is 11.6 Å². The molecule has 0 N–H and O–H groups in total. The van der Waals surface area contributed by atoms with Crippen LogP contribution in [0.4, 0.5) is 10.5 Å². The van der Waals surface area contributed by atoms with Crippen LogP contribution in [0.2, 0.25) is 10.0 Å². The lowest BCUT2D eigenvalue weighted by atomic mass is 10.0. The molecule has 1 aliphatic rings. The number of rotatable bonds is 2. The van der Waals surface area contributed by atoms with Crippen LogP contribution in [0.15, 0.2) is 36.4 Å². The number of esters is 1. The number of fused-ring (bicyclic) bond motifs is 1. The Morgan fingerprint density at radius 2 is 1.73 bits per heavy atom. The summed E-state index contributed by atoms with van der Waals surface area (Å²) in [6.07, 6.45) is 0.748. The van der Waals surface area contributed by atoms with E-state index in [1.165, 1.54) is 19.2 Å². The van der Waals surface area contributed by atoms with E-state index in [0.717, 1.165) is 4.90 Å². The molecule has 0 bridgehead atoms. The summed E-state index contributed by atoms with van der Waals surface area (Å²) < 4.78 is 10.1. The van der Waals surface area contributed by atoms with Crippen molar-refractivity contribution in [1.29, 1.82) is 0 Å². The largest absolute Gasteiger partial charge is 0.465 e. The van der Waals surface area contributed by atoms with Gasteiger partial charge in [0.15, 0.2) is 0 Å². The SMILES string of the molecule is COC(=O)c1cc(Cl)cc(/C=C2/C(=O)N(C(=O)OC(C)(C)C)c3cc(Cl)ccc32)c1. The molecule has 0 radical (unpaired) electrons. The minimum absolute atomic E-state index is 0.239. The summed E-state index contributed by atoms with van der Waals surface area (Å²) in [6, 6.07) is 9.41. The van der Waals surface area contributed by atoms with Crippen LogP contribution in [-0.2, 0) is 14.3 Å². The average molecular weight is 448 g/mol. The third-order valence-electron chi connectivity index (χ3n) is 4.15. The Kier molecular flexibility index (Phi) is 5.92. The van der Waals surface area contributed by atoms with Crippen LogP contribution >= 0.6 is 23.2 Å². The molecule has 156 valence electrons. The fourth-order valence-electron chi connectivity index (χ4n) is 2.99. The first kappa shape index (κ1) is 21.9. The molecule has 1 aliphatic heterocycles. The van der Waals surface area contributed by atoms with E-state index in [2.05, 4.69) is 0 Å². The maximum Gasteiger partial charge on any atom is 0.422 e. The first-order valence-corrected chi connectivity index (χ1v) is 9.74. The number of halogens is 2. The molecule has 2 amide bonds. The van der Waals surface area contributed by atoms with Gasteiger partial charge in [-0.05, 0) is 62.7 Å². The van der Waals surface area contributed by atoms with Crippen molar-refractivity contribution in [1.82, 2.24) is 0 Å². The zero-order valence-corrected chi connectivity index (χ0v) is 18.3. The smallest absolute Gasteiger partial charge is 0.422 e. The van der Waals surface area contributed by atoms with E-state index in [4.69, 9.17) is 32.7 Å². The molecule has 30 heavy (non-hydrogen) atoms. The summed E-state index contributed by atoms with van der Waals surface area (Å²) in [4.78, 5) is 38.7. The molecular formula is C22H19Cl2NO5. The number of nitrogens with zero attached hydrogens (tertiary/aromatic N) is 1. The zero-order chi connectivity index (χ0) is 22.2. The van der Waals surface area contributed by atoms with Crippen LogP contribution in [0.1, 0.15) is 42.3 Å². The van der Waals surface area contributed by atoms with Crippen LogP contribution in [0.3, 0.4) is 0 Å². The summed E-state index contributed by atoms with van der Waals surface area (Å²) in [7, 11) is 1.26. The van der Waals surface area contributed by atoms with E-state index in [-0.39, 0.29) is 11.1 Å². The van der Waals surface area contributed by atoms with E-state index in [0.29, 0.717) is 26.9 Å². The van der Waals surface area contributed by atoms with Gasteiger partial charge in [-0.3, -0.25) is 4.79 Å². The monoisotopic (exact) mass is 447 g/mol. The topological polar surface area (TPSA) is 72.9 Å². The second-order valence-electron chi connectivity index (χ2n) is 7.61. The lowest BCUT2D eigenvalue weighted by Gasteiger charge is -2.23. The van der Waals surface area contributed by atoms with Crippen molar-refractivity contribution in [2.24, 2.45) is 0 Å². The van der Waals surface area contributed by atoms with Gasteiger partial charge in [-0.25, -0.2) is 14.5 Å². The second kappa shape index (κ2) is 8.13. The molecule has 0 saturated carbocycles. The highest BCUT2D eigenvalue weighted by molar-refractivity contribution is 6.42. The van der Waals surface area contributed by atoms with Gasteiger partial charge < -0.3 is 9.47 Å². The number of benzene rings is 2. The predicted molar refractivity (Wildman–Crippen MR) is 116 cm³/mol. The van der Waals surface area contributed by atoms with E-state index in [1.807, 2.05) is 0 Å². The Labute approximate surface area is 184 Å². The van der Waals surface area contributed by atoms with Crippen molar-refractivity contribution in [2.75, 3.05) is 12.0 Å². The molecule has 0 fully saturated rings. The first-order valence-electron chi connectivity index (χ1n) is 8.98. The maximum atomic E-state index is 13.2. The normalized spacial score (nSPS) is 14.7. The maximum absolute atomic E-state index is 13.2. The Morgan fingerprint density at radius 1 is 1.03 bits per heavy atom. The quantitative estimate of drug-likeness (QED) is 0.442. The van der Waals surface area contributed by atoms with Gasteiger partial charge in [0, 0.05) is 15.6 Å². The summed E-state index contributed by atoms with van der Waals surface area (Å²) in [6.45, 7) is 5.13. The van der Waals surface area contributed by atoms with Gasteiger partial charge in [0.1, 0.15) is 5.60 Å². The van der Waals surface area contributed by atoms with Crippen LogP contribution < -0.4 is 4.90 Å². The number of hydrogen-bond acceptors (Lipinski definition) is 5. The van der Waals surface area contributed by atoms with Gasteiger partial charge in [-0.15, -0.1) is 0 Å². The van der Waals surface area contributed by atoms with E-state index < -0.39 is 23.6 Å². The minimum atomic E-state index is -0.805. The third-order valence-corrected chi connectivity index (χ3v) is 4.61. The van der Waals surface area contributed by atoms with Crippen molar-refractivity contribution in [2.45, 2.75) is 26.4 Å². The van der Waals surface area contributed by atoms with Crippen LogP contribution in [0, 0.1) is 0 Å². The van der Waals surface area contributed by atoms with Crippen molar-refractivity contribution in [3.8, 4) is 0 Å². The van der Waals surface area contributed by atoms with Gasteiger partial charge in [0.05, 0.1) is 23.9 Å². The molecule has 3 rings (SSSR count). The molecular weight excluding hydrogens is 429 g/mol. The average Bonchev–Trinajstić information content (AvgIpc) is 2.90. The van der Waals surface area contributed by atoms with Gasteiger partial charge in [-0.2, -0.15) is 0 Å². The minimum Gasteiger partial charge on any atom is -0.465 e. The number of hydrogen-bond donors (Lipinski definition) is 0. The first-order chi connectivity index (χ1) is 14.0. The standard InChI is InChI=1S/C22H19Cl2NO5/c1-22(2,3)30-21(28)25-18-11-14(23)5-6-16(18)17(19(25)26)9-12-7-13(20(27)29-4)10-15(24)8-12/h5-11H,1-4H3/b17-9+. The summed E-state index contributed by atoms with van der Waals surface area (Å²) in [5.41, 5.74) is 1.02. The number of carbonyl (C=O) groups is 3.